The number of rotatable bonds is 5. The van der Waals surface area contributed by atoms with Gasteiger partial charge >= 0.3 is 0 Å². The highest BCUT2D eigenvalue weighted by atomic mass is 79.9. The highest BCUT2D eigenvalue weighted by Gasteiger charge is 2.13. The van der Waals surface area contributed by atoms with E-state index in [9.17, 15) is 4.79 Å². The van der Waals surface area contributed by atoms with Crippen LogP contribution in [0.15, 0.2) is 63.5 Å². The van der Waals surface area contributed by atoms with E-state index in [1.54, 1.807) is 12.1 Å². The minimum absolute atomic E-state index is 0.257. The van der Waals surface area contributed by atoms with Crippen molar-refractivity contribution in [2.45, 2.75) is 20.5 Å². The summed E-state index contributed by atoms with van der Waals surface area (Å²) >= 11 is 3.40. The zero-order valence-corrected chi connectivity index (χ0v) is 15.6. The molecule has 128 valence electrons. The van der Waals surface area contributed by atoms with Crippen LogP contribution in [0.25, 0.3) is 0 Å². The number of furan rings is 1. The largest absolute Gasteiger partial charge is 0.486 e. The molecule has 5 heteroatoms. The van der Waals surface area contributed by atoms with Crippen LogP contribution in [0.1, 0.15) is 27.4 Å². The van der Waals surface area contributed by atoms with Crippen LogP contribution >= 0.6 is 15.9 Å². The molecule has 0 atom stereocenters. The van der Waals surface area contributed by atoms with Crippen LogP contribution < -0.4 is 10.1 Å². The Balaban J connectivity index is 1.63. The van der Waals surface area contributed by atoms with Crippen molar-refractivity contribution in [2.24, 2.45) is 0 Å². The normalized spacial score (nSPS) is 10.5. The number of nitrogens with one attached hydrogen (secondary N) is 1. The van der Waals surface area contributed by atoms with Crippen molar-refractivity contribution in [3.8, 4) is 5.75 Å². The van der Waals surface area contributed by atoms with E-state index in [1.807, 2.05) is 56.3 Å². The molecule has 3 aromatic rings. The number of ether oxygens (including phenoxy) is 1. The molecule has 0 aliphatic carbocycles. The lowest BCUT2D eigenvalue weighted by molar-refractivity contribution is 0.0992. The van der Waals surface area contributed by atoms with E-state index in [1.165, 1.54) is 0 Å². The highest BCUT2D eigenvalue weighted by Crippen LogP contribution is 2.20. The third kappa shape index (κ3) is 4.51. The van der Waals surface area contributed by atoms with Gasteiger partial charge in [-0.25, -0.2) is 0 Å². The van der Waals surface area contributed by atoms with E-state index in [0.29, 0.717) is 5.76 Å². The van der Waals surface area contributed by atoms with Gasteiger partial charge in [0.15, 0.2) is 5.76 Å². The van der Waals surface area contributed by atoms with E-state index < -0.39 is 0 Å². The van der Waals surface area contributed by atoms with Gasteiger partial charge in [0, 0.05) is 10.2 Å². The average Bonchev–Trinajstić information content (AvgIpc) is 3.05. The van der Waals surface area contributed by atoms with E-state index in [4.69, 9.17) is 9.15 Å². The van der Waals surface area contributed by atoms with Crippen molar-refractivity contribution in [3.63, 3.8) is 0 Å². The molecule has 0 spiro atoms. The molecule has 2 aromatic carbocycles. The molecule has 1 N–H and O–H groups in total. The molecule has 1 amide bonds. The van der Waals surface area contributed by atoms with Crippen molar-refractivity contribution >= 4 is 27.5 Å². The minimum atomic E-state index is -0.277. The lowest BCUT2D eigenvalue weighted by atomic mass is 10.1. The molecule has 25 heavy (non-hydrogen) atoms. The molecule has 1 aromatic heterocycles. The quantitative estimate of drug-likeness (QED) is 0.616. The van der Waals surface area contributed by atoms with Gasteiger partial charge in [-0.2, -0.15) is 0 Å². The van der Waals surface area contributed by atoms with E-state index in [2.05, 4.69) is 21.2 Å². The summed E-state index contributed by atoms with van der Waals surface area (Å²) in [7, 11) is 0. The fourth-order valence-electron chi connectivity index (χ4n) is 2.43. The maximum absolute atomic E-state index is 12.3. The van der Waals surface area contributed by atoms with E-state index in [-0.39, 0.29) is 18.3 Å². The smallest absolute Gasteiger partial charge is 0.291 e. The van der Waals surface area contributed by atoms with Gasteiger partial charge in [0.2, 0.25) is 0 Å². The second-order valence-electron chi connectivity index (χ2n) is 5.78. The van der Waals surface area contributed by atoms with Crippen LogP contribution in [0.5, 0.6) is 5.75 Å². The Morgan fingerprint density at radius 3 is 2.72 bits per heavy atom. The van der Waals surface area contributed by atoms with Gasteiger partial charge in [0.05, 0.1) is 0 Å². The molecular formula is C20H18BrNO3. The third-order valence-electron chi connectivity index (χ3n) is 3.69. The molecule has 1 heterocycles. The maximum atomic E-state index is 12.3. The molecule has 4 nitrogen and oxygen atoms in total. The van der Waals surface area contributed by atoms with Gasteiger partial charge in [-0.05, 0) is 55.8 Å². The maximum Gasteiger partial charge on any atom is 0.291 e. The van der Waals surface area contributed by atoms with Gasteiger partial charge in [-0.3, -0.25) is 4.79 Å². The minimum Gasteiger partial charge on any atom is -0.486 e. The summed E-state index contributed by atoms with van der Waals surface area (Å²) in [5, 5.41) is 2.87. The lowest BCUT2D eigenvalue weighted by Crippen LogP contribution is -2.11. The lowest BCUT2D eigenvalue weighted by Gasteiger charge is -2.08. The summed E-state index contributed by atoms with van der Waals surface area (Å²) in [6.45, 7) is 4.23. The molecule has 0 saturated heterocycles. The molecule has 0 radical (unpaired) electrons. The predicted molar refractivity (Wildman–Crippen MR) is 101 cm³/mol. The molecule has 0 fully saturated rings. The molecule has 3 rings (SSSR count). The van der Waals surface area contributed by atoms with Gasteiger partial charge < -0.3 is 14.5 Å². The summed E-state index contributed by atoms with van der Waals surface area (Å²) in [6.07, 6.45) is 0. The number of carbonyl (C=O) groups is 1. The van der Waals surface area contributed by atoms with Crippen molar-refractivity contribution in [1.29, 1.82) is 0 Å². The van der Waals surface area contributed by atoms with Crippen LogP contribution in [-0.2, 0) is 6.61 Å². The molecular weight excluding hydrogens is 382 g/mol. The monoisotopic (exact) mass is 399 g/mol. The number of benzene rings is 2. The first-order valence-electron chi connectivity index (χ1n) is 7.87. The standard InChI is InChI=1S/C20H18BrNO3/c1-13-6-8-18(14(2)10-13)22-20(23)19-9-7-17(25-19)12-24-16-5-3-4-15(21)11-16/h3-11H,12H2,1-2H3,(H,22,23). The Labute approximate surface area is 154 Å². The zero-order chi connectivity index (χ0) is 17.8. The van der Waals surface area contributed by atoms with Gasteiger partial charge in [0.25, 0.3) is 5.91 Å². The topological polar surface area (TPSA) is 51.5 Å². The van der Waals surface area contributed by atoms with Gasteiger partial charge in [-0.1, -0.05) is 39.7 Å². The van der Waals surface area contributed by atoms with Crippen molar-refractivity contribution in [2.75, 3.05) is 5.32 Å². The number of hydrogen-bond donors (Lipinski definition) is 1. The van der Waals surface area contributed by atoms with Gasteiger partial charge in [-0.15, -0.1) is 0 Å². The van der Waals surface area contributed by atoms with Crippen LogP contribution in [0, 0.1) is 13.8 Å². The number of hydrogen-bond acceptors (Lipinski definition) is 3. The number of carbonyl (C=O) groups excluding carboxylic acids is 1. The predicted octanol–water partition coefficient (Wildman–Crippen LogP) is 5.49. The molecule has 0 unspecified atom stereocenters. The Hall–Kier alpha value is -2.53. The van der Waals surface area contributed by atoms with E-state index in [0.717, 1.165) is 27.0 Å². The second kappa shape index (κ2) is 7.57. The zero-order valence-electron chi connectivity index (χ0n) is 14.0. The Bertz CT molecular complexity index is 901. The first-order valence-corrected chi connectivity index (χ1v) is 8.66. The number of anilines is 1. The van der Waals surface area contributed by atoms with Crippen molar-refractivity contribution in [3.05, 3.63) is 81.7 Å². The Kier molecular flexibility index (Phi) is 5.24. The molecule has 0 bridgehead atoms. The molecule has 0 aliphatic heterocycles. The summed E-state index contributed by atoms with van der Waals surface area (Å²) in [5.41, 5.74) is 2.94. The number of aryl methyl sites for hydroxylation is 2. The molecule has 0 saturated carbocycles. The summed E-state index contributed by atoms with van der Waals surface area (Å²) in [4.78, 5) is 12.3. The summed E-state index contributed by atoms with van der Waals surface area (Å²) in [5.74, 6) is 1.30. The van der Waals surface area contributed by atoms with Crippen LogP contribution in [0.2, 0.25) is 0 Å². The Morgan fingerprint density at radius 1 is 1.12 bits per heavy atom. The summed E-state index contributed by atoms with van der Waals surface area (Å²) in [6, 6.07) is 16.8. The van der Waals surface area contributed by atoms with Gasteiger partial charge in [0.1, 0.15) is 18.1 Å². The second-order valence-corrected chi connectivity index (χ2v) is 6.70. The van der Waals surface area contributed by atoms with Crippen LogP contribution in [0.3, 0.4) is 0 Å². The fraction of sp³-hybridized carbons (Fsp3) is 0.150. The molecule has 0 aliphatic rings. The van der Waals surface area contributed by atoms with Crippen molar-refractivity contribution in [1.82, 2.24) is 0 Å². The summed E-state index contributed by atoms with van der Waals surface area (Å²) < 4.78 is 12.2. The van der Waals surface area contributed by atoms with Crippen LogP contribution in [0.4, 0.5) is 5.69 Å². The SMILES string of the molecule is Cc1ccc(NC(=O)c2ccc(COc3cccc(Br)c3)o2)c(C)c1. The number of halogens is 1. The third-order valence-corrected chi connectivity index (χ3v) is 4.19. The van der Waals surface area contributed by atoms with E-state index >= 15 is 0 Å². The first-order chi connectivity index (χ1) is 12.0. The number of amides is 1. The fourth-order valence-corrected chi connectivity index (χ4v) is 2.80. The van der Waals surface area contributed by atoms with Crippen LogP contribution in [-0.4, -0.2) is 5.91 Å². The average molecular weight is 400 g/mol. The highest BCUT2D eigenvalue weighted by molar-refractivity contribution is 9.10. The van der Waals surface area contributed by atoms with Crippen molar-refractivity contribution < 1.29 is 13.9 Å². The first kappa shape index (κ1) is 17.3. The Morgan fingerprint density at radius 2 is 1.96 bits per heavy atom.